The van der Waals surface area contributed by atoms with Crippen molar-refractivity contribution in [2.45, 2.75) is 18.3 Å². The first-order valence-corrected chi connectivity index (χ1v) is 10.3. The van der Waals surface area contributed by atoms with Gasteiger partial charge in [-0.15, -0.1) is 0 Å². The summed E-state index contributed by atoms with van der Waals surface area (Å²) in [6, 6.07) is 16.6. The molecule has 0 saturated carbocycles. The van der Waals surface area contributed by atoms with E-state index in [9.17, 15) is 9.59 Å². The molecule has 3 fully saturated rings. The number of anilines is 1. The third kappa shape index (κ3) is 2.44. The van der Waals surface area contributed by atoms with Crippen LogP contribution in [0.3, 0.4) is 0 Å². The SMILES string of the molecule is O=C1[C@@H]2[C@@H]3O[C@@H]([C@H]4ON=C(C=Cc5ccccc5)[C@H]43)[C@@H]2C(=O)N1c1ccc(Cl)cc1. The Bertz CT molecular complexity index is 1100. The molecule has 4 aliphatic rings. The number of carbonyl (C=O) groups excluding carboxylic acids is 2. The van der Waals surface area contributed by atoms with E-state index >= 15 is 0 Å². The number of amides is 2. The molecule has 3 saturated heterocycles. The zero-order valence-corrected chi connectivity index (χ0v) is 16.5. The Kier molecular flexibility index (Phi) is 3.88. The molecule has 2 aromatic carbocycles. The third-order valence-electron chi connectivity index (χ3n) is 6.40. The Labute approximate surface area is 177 Å². The Morgan fingerprint density at radius 3 is 2.27 bits per heavy atom. The standard InChI is InChI=1S/C23H17ClN2O4/c24-13-7-9-14(10-8-13)26-22(27)17-18(23(26)28)20-21-16(19(17)29-20)15(25-30-21)11-6-12-4-2-1-3-5-12/h1-11,16-21H/t16-,17-,18+,19+,20+,21-/m0/s1. The van der Waals surface area contributed by atoms with Crippen LogP contribution in [0.25, 0.3) is 6.08 Å². The molecule has 0 spiro atoms. The van der Waals surface area contributed by atoms with Crippen molar-refractivity contribution < 1.29 is 19.2 Å². The summed E-state index contributed by atoms with van der Waals surface area (Å²) < 4.78 is 6.10. The van der Waals surface area contributed by atoms with E-state index in [0.29, 0.717) is 10.7 Å². The highest BCUT2D eigenvalue weighted by molar-refractivity contribution is 6.31. The van der Waals surface area contributed by atoms with Gasteiger partial charge in [0, 0.05) is 5.02 Å². The van der Waals surface area contributed by atoms with E-state index < -0.39 is 24.0 Å². The van der Waals surface area contributed by atoms with Crippen molar-refractivity contribution in [3.63, 3.8) is 0 Å². The van der Waals surface area contributed by atoms with E-state index in [0.717, 1.165) is 11.3 Å². The molecule has 150 valence electrons. The van der Waals surface area contributed by atoms with Crippen LogP contribution >= 0.6 is 11.6 Å². The largest absolute Gasteiger partial charge is 0.389 e. The van der Waals surface area contributed by atoms with Crippen LogP contribution in [0.2, 0.25) is 5.02 Å². The lowest BCUT2D eigenvalue weighted by atomic mass is 9.72. The van der Waals surface area contributed by atoms with Crippen molar-refractivity contribution in [3.8, 4) is 0 Å². The topological polar surface area (TPSA) is 68.2 Å². The fraction of sp³-hybridized carbons (Fsp3) is 0.261. The van der Waals surface area contributed by atoms with E-state index in [1.165, 1.54) is 4.90 Å². The zero-order valence-electron chi connectivity index (χ0n) is 15.7. The van der Waals surface area contributed by atoms with Gasteiger partial charge in [-0.3, -0.25) is 9.59 Å². The molecule has 0 radical (unpaired) electrons. The minimum absolute atomic E-state index is 0.155. The van der Waals surface area contributed by atoms with Crippen LogP contribution in [0, 0.1) is 17.8 Å². The Balaban J connectivity index is 1.29. The van der Waals surface area contributed by atoms with Gasteiger partial charge in [-0.05, 0) is 35.9 Å². The average Bonchev–Trinajstić information content (AvgIpc) is 3.49. The number of halogens is 1. The van der Waals surface area contributed by atoms with Gasteiger partial charge >= 0.3 is 0 Å². The monoisotopic (exact) mass is 420 g/mol. The molecular formula is C23H17ClN2O4. The fourth-order valence-electron chi connectivity index (χ4n) is 5.11. The second-order valence-corrected chi connectivity index (χ2v) is 8.40. The summed E-state index contributed by atoms with van der Waals surface area (Å²) in [7, 11) is 0. The van der Waals surface area contributed by atoms with Gasteiger partial charge in [0.25, 0.3) is 0 Å². The Hall–Kier alpha value is -2.96. The number of benzene rings is 2. The number of fused-ring (bicyclic) bond motifs is 8. The number of carbonyl (C=O) groups is 2. The summed E-state index contributed by atoms with van der Waals surface area (Å²) in [5.74, 6) is -1.67. The van der Waals surface area contributed by atoms with Gasteiger partial charge in [-0.2, -0.15) is 0 Å². The molecule has 30 heavy (non-hydrogen) atoms. The molecule has 2 amide bonds. The lowest BCUT2D eigenvalue weighted by Gasteiger charge is -2.25. The van der Waals surface area contributed by atoms with Crippen LogP contribution < -0.4 is 4.90 Å². The summed E-state index contributed by atoms with van der Waals surface area (Å²) in [5.41, 5.74) is 2.33. The molecule has 6 atom stereocenters. The van der Waals surface area contributed by atoms with Crippen LogP contribution in [0.5, 0.6) is 0 Å². The van der Waals surface area contributed by atoms with Gasteiger partial charge < -0.3 is 9.57 Å². The van der Waals surface area contributed by atoms with Gasteiger partial charge in [0.1, 0.15) is 6.10 Å². The molecule has 0 unspecified atom stereocenters. The highest BCUT2D eigenvalue weighted by Gasteiger charge is 2.71. The molecular weight excluding hydrogens is 404 g/mol. The van der Waals surface area contributed by atoms with Crippen LogP contribution in [-0.2, 0) is 19.2 Å². The molecule has 6 rings (SSSR count). The number of hydrogen-bond donors (Lipinski definition) is 0. The molecule has 6 nitrogen and oxygen atoms in total. The van der Waals surface area contributed by atoms with Crippen LogP contribution in [0.4, 0.5) is 5.69 Å². The van der Waals surface area contributed by atoms with E-state index in [2.05, 4.69) is 5.16 Å². The molecule has 4 heterocycles. The summed E-state index contributed by atoms with van der Waals surface area (Å²) in [6.45, 7) is 0. The van der Waals surface area contributed by atoms with Crippen molar-refractivity contribution >= 4 is 40.9 Å². The third-order valence-corrected chi connectivity index (χ3v) is 6.66. The first-order chi connectivity index (χ1) is 14.6. The maximum Gasteiger partial charge on any atom is 0.240 e. The van der Waals surface area contributed by atoms with E-state index in [-0.39, 0.29) is 23.8 Å². The van der Waals surface area contributed by atoms with Crippen LogP contribution in [-0.4, -0.2) is 35.8 Å². The summed E-state index contributed by atoms with van der Waals surface area (Å²) in [6.07, 6.45) is 2.66. The molecule has 0 N–H and O–H groups in total. The van der Waals surface area contributed by atoms with Gasteiger partial charge in [-0.1, -0.05) is 53.2 Å². The van der Waals surface area contributed by atoms with E-state index in [1.807, 2.05) is 42.5 Å². The lowest BCUT2D eigenvalue weighted by molar-refractivity contribution is -0.125. The van der Waals surface area contributed by atoms with Crippen molar-refractivity contribution in [2.75, 3.05) is 4.90 Å². The lowest BCUT2D eigenvalue weighted by Crippen LogP contribution is -2.45. The Morgan fingerprint density at radius 2 is 1.53 bits per heavy atom. The van der Waals surface area contributed by atoms with Crippen LogP contribution in [0.1, 0.15) is 5.56 Å². The number of ether oxygens (including phenoxy) is 1. The smallest absolute Gasteiger partial charge is 0.240 e. The zero-order chi connectivity index (χ0) is 20.4. The maximum atomic E-state index is 13.2. The summed E-state index contributed by atoms with van der Waals surface area (Å²) in [5, 5.41) is 4.79. The van der Waals surface area contributed by atoms with Gasteiger partial charge in [0.2, 0.25) is 11.8 Å². The highest BCUT2D eigenvalue weighted by atomic mass is 35.5. The van der Waals surface area contributed by atoms with Crippen molar-refractivity contribution in [3.05, 3.63) is 71.3 Å². The number of hydrogen-bond acceptors (Lipinski definition) is 5. The number of oxime groups is 1. The second kappa shape index (κ2) is 6.52. The minimum atomic E-state index is -0.535. The average molecular weight is 421 g/mol. The first-order valence-electron chi connectivity index (χ1n) is 9.89. The first kappa shape index (κ1) is 17.9. The quantitative estimate of drug-likeness (QED) is 0.714. The van der Waals surface area contributed by atoms with E-state index in [1.54, 1.807) is 24.3 Å². The van der Waals surface area contributed by atoms with E-state index in [4.69, 9.17) is 21.2 Å². The van der Waals surface area contributed by atoms with Crippen molar-refractivity contribution in [2.24, 2.45) is 22.9 Å². The normalized spacial score (nSPS) is 33.8. The highest BCUT2D eigenvalue weighted by Crippen LogP contribution is 2.54. The molecule has 7 heteroatoms. The molecule has 0 aromatic heterocycles. The van der Waals surface area contributed by atoms with Crippen molar-refractivity contribution in [1.82, 2.24) is 0 Å². The predicted molar refractivity (Wildman–Crippen MR) is 111 cm³/mol. The maximum absolute atomic E-state index is 13.2. The molecule has 4 aliphatic heterocycles. The minimum Gasteiger partial charge on any atom is -0.389 e. The number of allylic oxidation sites excluding steroid dienone is 1. The predicted octanol–water partition coefficient (Wildman–Crippen LogP) is 3.31. The van der Waals surface area contributed by atoms with Crippen molar-refractivity contribution in [1.29, 1.82) is 0 Å². The second-order valence-electron chi connectivity index (χ2n) is 7.96. The number of nitrogens with zero attached hydrogens (tertiary/aromatic N) is 2. The Morgan fingerprint density at radius 1 is 0.833 bits per heavy atom. The van der Waals surface area contributed by atoms with Gasteiger partial charge in [0.15, 0.2) is 6.10 Å². The molecule has 2 bridgehead atoms. The molecule has 2 aromatic rings. The fourth-order valence-corrected chi connectivity index (χ4v) is 5.24. The van der Waals surface area contributed by atoms with Gasteiger partial charge in [0.05, 0.1) is 35.3 Å². The van der Waals surface area contributed by atoms with Gasteiger partial charge in [-0.25, -0.2) is 4.90 Å². The number of imide groups is 1. The molecule has 0 aliphatic carbocycles. The number of rotatable bonds is 3. The van der Waals surface area contributed by atoms with Crippen LogP contribution in [0.15, 0.2) is 65.8 Å². The summed E-state index contributed by atoms with van der Waals surface area (Å²) >= 11 is 5.95. The summed E-state index contributed by atoms with van der Waals surface area (Å²) in [4.78, 5) is 33.3.